The minimum Gasteiger partial charge on any atom is -0.384 e. The Hall–Kier alpha value is -4.55. The number of amides is 4. The van der Waals surface area contributed by atoms with Crippen LogP contribution in [0.15, 0.2) is 73.1 Å². The summed E-state index contributed by atoms with van der Waals surface area (Å²) in [6.45, 7) is 4.29. The molecule has 3 atom stereocenters. The van der Waals surface area contributed by atoms with Crippen molar-refractivity contribution >= 4 is 23.6 Å². The standard InChI is InChI=1S/C37H46N6O6/c1-26(49-21-28-12-8-5-9-13-28)32(34(46)38-2)40-33(45)30-20-41(35(47)29-17-39-43(19-29)18-27-10-6-4-7-11-27)22-37(30)23-42(24-37)31(44)16-36(14-15-36)25-48-3/h4-13,17,19,26,30,32H,14-16,18,20-25H2,1-3H3,(H,38,46)(H,40,45)/t26-,30+,32+/m1/s1. The lowest BCUT2D eigenvalue weighted by atomic mass is 9.70. The van der Waals surface area contributed by atoms with Crippen molar-refractivity contribution in [3.8, 4) is 0 Å². The molecular formula is C37H46N6O6. The van der Waals surface area contributed by atoms with Crippen molar-refractivity contribution in [2.75, 3.05) is 46.9 Å². The third-order valence-corrected chi connectivity index (χ3v) is 10.3. The third kappa shape index (κ3) is 7.70. The number of rotatable bonds is 14. The highest BCUT2D eigenvalue weighted by Gasteiger charge is 2.60. The van der Waals surface area contributed by atoms with Crippen molar-refractivity contribution in [3.05, 3.63) is 89.7 Å². The summed E-state index contributed by atoms with van der Waals surface area (Å²) in [6.07, 6.45) is 4.98. The number of hydrogen-bond donors (Lipinski definition) is 2. The second kappa shape index (κ2) is 14.5. The van der Waals surface area contributed by atoms with E-state index < -0.39 is 23.5 Å². The first-order valence-corrected chi connectivity index (χ1v) is 16.9. The van der Waals surface area contributed by atoms with Gasteiger partial charge in [0.2, 0.25) is 17.7 Å². The molecule has 2 saturated heterocycles. The second-order valence-corrected chi connectivity index (χ2v) is 14.0. The smallest absolute Gasteiger partial charge is 0.257 e. The van der Waals surface area contributed by atoms with Gasteiger partial charge in [-0.15, -0.1) is 0 Å². The molecule has 1 spiro atoms. The fourth-order valence-electron chi connectivity index (χ4n) is 7.20. The van der Waals surface area contributed by atoms with Crippen LogP contribution in [0.5, 0.6) is 0 Å². The molecule has 49 heavy (non-hydrogen) atoms. The maximum Gasteiger partial charge on any atom is 0.257 e. The molecule has 2 aliphatic heterocycles. The van der Waals surface area contributed by atoms with Crippen LogP contribution in [0.25, 0.3) is 0 Å². The van der Waals surface area contributed by atoms with Gasteiger partial charge in [0.05, 0.1) is 43.5 Å². The molecule has 2 N–H and O–H groups in total. The Morgan fingerprint density at radius 1 is 0.959 bits per heavy atom. The number of carbonyl (C=O) groups excluding carboxylic acids is 4. The van der Waals surface area contributed by atoms with Gasteiger partial charge in [0.1, 0.15) is 6.04 Å². The van der Waals surface area contributed by atoms with Gasteiger partial charge in [-0.3, -0.25) is 23.9 Å². The molecule has 6 rings (SSSR count). The molecule has 12 nitrogen and oxygen atoms in total. The van der Waals surface area contributed by atoms with Gasteiger partial charge in [0, 0.05) is 63.8 Å². The molecule has 1 saturated carbocycles. The summed E-state index contributed by atoms with van der Waals surface area (Å²) in [5, 5.41) is 10.0. The monoisotopic (exact) mass is 670 g/mol. The van der Waals surface area contributed by atoms with Crippen LogP contribution in [0.3, 0.4) is 0 Å². The maximum absolute atomic E-state index is 14.2. The first-order valence-electron chi connectivity index (χ1n) is 16.9. The molecule has 3 aliphatic rings. The zero-order valence-corrected chi connectivity index (χ0v) is 28.5. The number of ether oxygens (including phenoxy) is 2. The summed E-state index contributed by atoms with van der Waals surface area (Å²) in [5.41, 5.74) is 1.70. The number of likely N-dealkylation sites (N-methyl/N-ethyl adjacent to an activating group) is 1. The van der Waals surface area contributed by atoms with Crippen LogP contribution in [0.4, 0.5) is 0 Å². The van der Waals surface area contributed by atoms with Crippen molar-refractivity contribution in [3.63, 3.8) is 0 Å². The fourth-order valence-corrected chi connectivity index (χ4v) is 7.20. The van der Waals surface area contributed by atoms with Crippen LogP contribution in [-0.2, 0) is 37.0 Å². The summed E-state index contributed by atoms with van der Waals surface area (Å²) in [4.78, 5) is 57.9. The minimum atomic E-state index is -0.958. The Bertz CT molecular complexity index is 1630. The van der Waals surface area contributed by atoms with E-state index in [2.05, 4.69) is 15.7 Å². The normalized spacial score (nSPS) is 19.9. The molecule has 4 amide bonds. The molecule has 12 heteroatoms. The highest BCUT2D eigenvalue weighted by Crippen LogP contribution is 2.51. The van der Waals surface area contributed by atoms with Gasteiger partial charge in [-0.1, -0.05) is 60.7 Å². The highest BCUT2D eigenvalue weighted by molar-refractivity contribution is 5.95. The molecule has 2 aromatic carbocycles. The van der Waals surface area contributed by atoms with Crippen molar-refractivity contribution < 1.29 is 28.7 Å². The Morgan fingerprint density at radius 3 is 2.24 bits per heavy atom. The number of nitrogens with one attached hydrogen (secondary N) is 2. The fraction of sp³-hybridized carbons (Fsp3) is 0.486. The molecule has 0 unspecified atom stereocenters. The van der Waals surface area contributed by atoms with E-state index in [9.17, 15) is 19.2 Å². The van der Waals surface area contributed by atoms with Crippen LogP contribution >= 0.6 is 0 Å². The van der Waals surface area contributed by atoms with E-state index in [1.54, 1.807) is 40.9 Å². The van der Waals surface area contributed by atoms with Gasteiger partial charge < -0.3 is 29.9 Å². The Balaban J connectivity index is 1.17. The Labute approximate surface area is 287 Å². The molecule has 3 aromatic rings. The molecule has 0 radical (unpaired) electrons. The number of nitrogens with zero attached hydrogens (tertiary/aromatic N) is 4. The van der Waals surface area contributed by atoms with Crippen molar-refractivity contribution in [1.29, 1.82) is 0 Å². The average molecular weight is 671 g/mol. The molecule has 1 aliphatic carbocycles. The zero-order chi connectivity index (χ0) is 34.6. The van der Waals surface area contributed by atoms with Crippen molar-refractivity contribution in [1.82, 2.24) is 30.2 Å². The lowest BCUT2D eigenvalue weighted by Gasteiger charge is -2.50. The predicted molar refractivity (Wildman–Crippen MR) is 181 cm³/mol. The van der Waals surface area contributed by atoms with E-state index in [0.29, 0.717) is 44.8 Å². The third-order valence-electron chi connectivity index (χ3n) is 10.3. The van der Waals surface area contributed by atoms with E-state index in [4.69, 9.17) is 9.47 Å². The summed E-state index contributed by atoms with van der Waals surface area (Å²) >= 11 is 0. The van der Waals surface area contributed by atoms with Gasteiger partial charge in [-0.05, 0) is 30.9 Å². The predicted octanol–water partition coefficient (Wildman–Crippen LogP) is 2.48. The van der Waals surface area contributed by atoms with Gasteiger partial charge in [-0.25, -0.2) is 0 Å². The van der Waals surface area contributed by atoms with E-state index in [1.165, 1.54) is 7.05 Å². The second-order valence-electron chi connectivity index (χ2n) is 14.0. The number of carbonyl (C=O) groups is 4. The number of hydrogen-bond acceptors (Lipinski definition) is 7. The number of benzene rings is 2. The van der Waals surface area contributed by atoms with E-state index >= 15 is 0 Å². The SMILES string of the molecule is CNC(=O)[C@@H](NC(=O)[C@@H]1CN(C(=O)c2cnn(Cc3ccccc3)c2)CC12CN(C(=O)CC1(COC)CC1)C2)[C@@H](C)OCc1ccccc1. The van der Waals surface area contributed by atoms with E-state index in [-0.39, 0.29) is 42.2 Å². The quantitative estimate of drug-likeness (QED) is 0.269. The van der Waals surface area contributed by atoms with Crippen molar-refractivity contribution in [2.24, 2.45) is 16.7 Å². The summed E-state index contributed by atoms with van der Waals surface area (Å²) in [5.74, 6) is -1.54. The molecular weight excluding hydrogens is 624 g/mol. The number of likely N-dealkylation sites (tertiary alicyclic amines) is 2. The minimum absolute atomic E-state index is 0.0393. The lowest BCUT2D eigenvalue weighted by Crippen LogP contribution is -2.65. The summed E-state index contributed by atoms with van der Waals surface area (Å²) in [6, 6.07) is 18.5. The van der Waals surface area contributed by atoms with Crippen LogP contribution in [0.1, 0.15) is 47.7 Å². The van der Waals surface area contributed by atoms with Gasteiger partial charge in [-0.2, -0.15) is 5.10 Å². The number of methoxy groups -OCH3 is 1. The van der Waals surface area contributed by atoms with Crippen LogP contribution in [-0.4, -0.2) is 102 Å². The number of aromatic nitrogens is 2. The summed E-state index contributed by atoms with van der Waals surface area (Å²) in [7, 11) is 3.17. The Kier molecular flexibility index (Phi) is 10.2. The van der Waals surface area contributed by atoms with E-state index in [1.807, 2.05) is 60.7 Å². The first kappa shape index (κ1) is 34.3. The molecule has 1 aromatic heterocycles. The van der Waals surface area contributed by atoms with Crippen molar-refractivity contribution in [2.45, 2.75) is 51.5 Å². The van der Waals surface area contributed by atoms with Gasteiger partial charge in [0.25, 0.3) is 5.91 Å². The van der Waals surface area contributed by atoms with E-state index in [0.717, 1.165) is 24.0 Å². The first-order chi connectivity index (χ1) is 23.6. The molecule has 3 heterocycles. The van der Waals surface area contributed by atoms with Crippen LogP contribution < -0.4 is 10.6 Å². The molecule has 0 bridgehead atoms. The van der Waals surface area contributed by atoms with Gasteiger partial charge >= 0.3 is 0 Å². The largest absolute Gasteiger partial charge is 0.384 e. The highest BCUT2D eigenvalue weighted by atomic mass is 16.5. The Morgan fingerprint density at radius 2 is 1.61 bits per heavy atom. The van der Waals surface area contributed by atoms with Crippen LogP contribution in [0, 0.1) is 16.7 Å². The molecule has 260 valence electrons. The average Bonchev–Trinajstić information content (AvgIpc) is 3.48. The lowest BCUT2D eigenvalue weighted by molar-refractivity contribution is -0.152. The van der Waals surface area contributed by atoms with Crippen LogP contribution in [0.2, 0.25) is 0 Å². The summed E-state index contributed by atoms with van der Waals surface area (Å²) < 4.78 is 13.1. The molecule has 3 fully saturated rings. The zero-order valence-electron chi connectivity index (χ0n) is 28.5. The maximum atomic E-state index is 14.2. The topological polar surface area (TPSA) is 135 Å². The van der Waals surface area contributed by atoms with Gasteiger partial charge in [0.15, 0.2) is 0 Å².